The van der Waals surface area contributed by atoms with Crippen LogP contribution in [0.25, 0.3) is 10.9 Å². The molecule has 1 heterocycles. The Balaban J connectivity index is 2.36. The zero-order valence-electron chi connectivity index (χ0n) is 10.5. The highest BCUT2D eigenvalue weighted by molar-refractivity contribution is 5.96. The van der Waals surface area contributed by atoms with Gasteiger partial charge < -0.3 is 10.4 Å². The van der Waals surface area contributed by atoms with E-state index in [1.165, 1.54) is 6.07 Å². The predicted molar refractivity (Wildman–Crippen MR) is 73.2 cm³/mol. The number of nitrogens with zero attached hydrogens (tertiary/aromatic N) is 2. The summed E-state index contributed by atoms with van der Waals surface area (Å²) in [5.74, 6) is 0. The summed E-state index contributed by atoms with van der Waals surface area (Å²) in [6, 6.07) is 6.47. The minimum absolute atomic E-state index is 0.0455. The van der Waals surface area contributed by atoms with Crippen LogP contribution in [0.5, 0.6) is 0 Å². The third kappa shape index (κ3) is 2.97. The van der Waals surface area contributed by atoms with Gasteiger partial charge in [-0.15, -0.1) is 0 Å². The lowest BCUT2D eigenvalue weighted by Crippen LogP contribution is -2.10. The van der Waals surface area contributed by atoms with Crippen LogP contribution in [0.2, 0.25) is 0 Å². The van der Waals surface area contributed by atoms with Crippen molar-refractivity contribution in [2.75, 3.05) is 11.9 Å². The molecule has 1 aromatic carbocycles. The number of benzene rings is 1. The summed E-state index contributed by atoms with van der Waals surface area (Å²) >= 11 is 0. The molecule has 6 nitrogen and oxygen atoms in total. The molecular formula is C13H15N3O3. The number of hydrogen-bond acceptors (Lipinski definition) is 5. The first-order valence-corrected chi connectivity index (χ1v) is 6.03. The lowest BCUT2D eigenvalue weighted by Gasteiger charge is -2.10. The first-order valence-electron chi connectivity index (χ1n) is 6.03. The van der Waals surface area contributed by atoms with Crippen LogP contribution in [-0.2, 0) is 0 Å². The Morgan fingerprint density at radius 1 is 1.47 bits per heavy atom. The molecule has 0 amide bonds. The van der Waals surface area contributed by atoms with E-state index in [0.717, 1.165) is 5.69 Å². The lowest BCUT2D eigenvalue weighted by molar-refractivity contribution is -0.383. The maximum atomic E-state index is 11.0. The van der Waals surface area contributed by atoms with Crippen molar-refractivity contribution in [1.82, 2.24) is 4.98 Å². The van der Waals surface area contributed by atoms with Gasteiger partial charge in [0.15, 0.2) is 0 Å². The number of nitro groups is 1. The number of nitrogens with one attached hydrogen (secondary N) is 1. The third-order valence-electron chi connectivity index (χ3n) is 2.82. The van der Waals surface area contributed by atoms with Gasteiger partial charge in [-0.05, 0) is 31.5 Å². The average molecular weight is 261 g/mol. The van der Waals surface area contributed by atoms with Gasteiger partial charge in [0.1, 0.15) is 5.52 Å². The Labute approximate surface area is 110 Å². The summed E-state index contributed by atoms with van der Waals surface area (Å²) in [6.07, 6.45) is 1.82. The largest absolute Gasteiger partial charge is 0.393 e. The van der Waals surface area contributed by atoms with Crippen LogP contribution in [0, 0.1) is 10.1 Å². The Hall–Kier alpha value is -2.21. The van der Waals surface area contributed by atoms with E-state index in [-0.39, 0.29) is 11.8 Å². The van der Waals surface area contributed by atoms with Gasteiger partial charge in [-0.3, -0.25) is 15.1 Å². The summed E-state index contributed by atoms with van der Waals surface area (Å²) in [4.78, 5) is 14.7. The van der Waals surface area contributed by atoms with Crippen molar-refractivity contribution in [3.63, 3.8) is 0 Å². The molecule has 0 aliphatic rings. The summed E-state index contributed by atoms with van der Waals surface area (Å²) < 4.78 is 0. The van der Waals surface area contributed by atoms with Gasteiger partial charge in [0.25, 0.3) is 5.69 Å². The molecule has 1 atom stereocenters. The monoisotopic (exact) mass is 261 g/mol. The van der Waals surface area contributed by atoms with E-state index in [1.807, 2.05) is 0 Å². The normalized spacial score (nSPS) is 12.3. The predicted octanol–water partition coefficient (Wildman–Crippen LogP) is 2.33. The molecule has 19 heavy (non-hydrogen) atoms. The third-order valence-corrected chi connectivity index (χ3v) is 2.82. The number of pyridine rings is 1. The number of fused-ring (bicyclic) bond motifs is 1. The second-order valence-corrected chi connectivity index (χ2v) is 4.35. The molecule has 0 radical (unpaired) electrons. The van der Waals surface area contributed by atoms with Gasteiger partial charge >= 0.3 is 0 Å². The number of aliphatic hydroxyl groups is 1. The highest BCUT2D eigenvalue weighted by Crippen LogP contribution is 2.29. The minimum Gasteiger partial charge on any atom is -0.393 e. The van der Waals surface area contributed by atoms with Crippen molar-refractivity contribution in [2.45, 2.75) is 19.4 Å². The number of rotatable bonds is 5. The Kier molecular flexibility index (Phi) is 3.91. The van der Waals surface area contributed by atoms with Crippen molar-refractivity contribution < 1.29 is 10.0 Å². The molecule has 2 rings (SSSR count). The number of aromatic nitrogens is 1. The van der Waals surface area contributed by atoms with Gasteiger partial charge in [-0.1, -0.05) is 0 Å². The Morgan fingerprint density at radius 2 is 2.26 bits per heavy atom. The van der Waals surface area contributed by atoms with Crippen molar-refractivity contribution in [3.05, 3.63) is 40.6 Å². The standard InChI is InChI=1S/C13H15N3O3/c1-9(17)6-8-14-11-4-5-12(16(18)19)10-3-2-7-15-13(10)11/h2-5,7,9,14,17H,6,8H2,1H3. The molecule has 0 aliphatic heterocycles. The molecule has 1 aromatic heterocycles. The first-order chi connectivity index (χ1) is 9.09. The van der Waals surface area contributed by atoms with E-state index in [1.54, 1.807) is 31.3 Å². The van der Waals surface area contributed by atoms with E-state index in [2.05, 4.69) is 10.3 Å². The average Bonchev–Trinajstić information content (AvgIpc) is 2.38. The number of anilines is 1. The van der Waals surface area contributed by atoms with Gasteiger partial charge in [0.05, 0.1) is 22.1 Å². The zero-order chi connectivity index (χ0) is 13.8. The van der Waals surface area contributed by atoms with Gasteiger partial charge in [0, 0.05) is 18.8 Å². The van der Waals surface area contributed by atoms with Crippen LogP contribution in [0.4, 0.5) is 11.4 Å². The molecule has 0 fully saturated rings. The van der Waals surface area contributed by atoms with Crippen molar-refractivity contribution in [3.8, 4) is 0 Å². The molecule has 2 N–H and O–H groups in total. The SMILES string of the molecule is CC(O)CCNc1ccc([N+](=O)[O-])c2cccnc12. The molecule has 0 bridgehead atoms. The van der Waals surface area contributed by atoms with Crippen LogP contribution < -0.4 is 5.32 Å². The van der Waals surface area contributed by atoms with Crippen LogP contribution in [0.15, 0.2) is 30.5 Å². The lowest BCUT2D eigenvalue weighted by atomic mass is 10.1. The molecule has 0 saturated heterocycles. The van der Waals surface area contributed by atoms with Crippen LogP contribution in [0.3, 0.4) is 0 Å². The molecule has 2 aromatic rings. The van der Waals surface area contributed by atoms with Crippen molar-refractivity contribution in [2.24, 2.45) is 0 Å². The Bertz CT molecular complexity index is 599. The molecule has 100 valence electrons. The van der Waals surface area contributed by atoms with Crippen LogP contribution in [-0.4, -0.2) is 27.7 Å². The van der Waals surface area contributed by atoms with E-state index in [0.29, 0.717) is 23.9 Å². The smallest absolute Gasteiger partial charge is 0.278 e. The Morgan fingerprint density at radius 3 is 2.95 bits per heavy atom. The fourth-order valence-electron chi connectivity index (χ4n) is 1.88. The number of non-ortho nitro benzene ring substituents is 1. The first kappa shape index (κ1) is 13.2. The molecule has 6 heteroatoms. The second kappa shape index (κ2) is 5.62. The summed E-state index contributed by atoms with van der Waals surface area (Å²) in [5, 5.41) is 23.8. The molecule has 1 unspecified atom stereocenters. The highest BCUT2D eigenvalue weighted by atomic mass is 16.6. The quantitative estimate of drug-likeness (QED) is 0.637. The zero-order valence-corrected chi connectivity index (χ0v) is 10.5. The molecule has 0 aliphatic carbocycles. The fourth-order valence-corrected chi connectivity index (χ4v) is 1.88. The number of hydrogen-bond donors (Lipinski definition) is 2. The van der Waals surface area contributed by atoms with Gasteiger partial charge in [0.2, 0.25) is 0 Å². The van der Waals surface area contributed by atoms with Gasteiger partial charge in [-0.2, -0.15) is 0 Å². The summed E-state index contributed by atoms with van der Waals surface area (Å²) in [5.41, 5.74) is 1.35. The number of aliphatic hydroxyl groups excluding tert-OH is 1. The second-order valence-electron chi connectivity index (χ2n) is 4.35. The molecule has 0 saturated carbocycles. The maximum Gasteiger partial charge on any atom is 0.278 e. The van der Waals surface area contributed by atoms with Gasteiger partial charge in [-0.25, -0.2) is 0 Å². The molecule has 0 spiro atoms. The van der Waals surface area contributed by atoms with E-state index in [9.17, 15) is 15.2 Å². The van der Waals surface area contributed by atoms with E-state index < -0.39 is 4.92 Å². The van der Waals surface area contributed by atoms with Crippen molar-refractivity contribution >= 4 is 22.3 Å². The van der Waals surface area contributed by atoms with Crippen LogP contribution in [0.1, 0.15) is 13.3 Å². The van der Waals surface area contributed by atoms with Crippen molar-refractivity contribution in [1.29, 1.82) is 0 Å². The maximum absolute atomic E-state index is 11.0. The van der Waals surface area contributed by atoms with Crippen LogP contribution >= 0.6 is 0 Å². The number of nitro benzene ring substituents is 1. The topological polar surface area (TPSA) is 88.3 Å². The van der Waals surface area contributed by atoms with E-state index >= 15 is 0 Å². The molecular weight excluding hydrogens is 246 g/mol. The fraction of sp³-hybridized carbons (Fsp3) is 0.308. The highest BCUT2D eigenvalue weighted by Gasteiger charge is 2.14. The summed E-state index contributed by atoms with van der Waals surface area (Å²) in [7, 11) is 0. The minimum atomic E-state index is -0.413. The van der Waals surface area contributed by atoms with E-state index in [4.69, 9.17) is 0 Å². The summed E-state index contributed by atoms with van der Waals surface area (Å²) in [6.45, 7) is 2.30.